The molecule has 0 aromatic rings. The minimum atomic E-state index is -5.07. The average molecular weight is 780 g/mol. The first-order valence-corrected chi connectivity index (χ1v) is 22.4. The van der Waals surface area contributed by atoms with E-state index < -0.39 is 59.9 Å². The summed E-state index contributed by atoms with van der Waals surface area (Å²) in [6.45, 7) is 3.38. The minimum Gasteiger partial charge on any atom is -0.394 e. The van der Waals surface area contributed by atoms with Gasteiger partial charge in [-0.1, -0.05) is 154 Å². The van der Waals surface area contributed by atoms with Crippen molar-refractivity contribution in [3.05, 3.63) is 12.2 Å². The van der Waals surface area contributed by atoms with Crippen molar-refractivity contribution < 1.29 is 51.8 Å². The summed E-state index contributed by atoms with van der Waals surface area (Å²) in [7, 11) is -5.07. The van der Waals surface area contributed by atoms with E-state index in [1.807, 2.05) is 0 Å². The van der Waals surface area contributed by atoms with Crippen LogP contribution in [0.4, 0.5) is 0 Å². The number of aliphatic hydroxyl groups is 4. The van der Waals surface area contributed by atoms with Crippen LogP contribution >= 0.6 is 0 Å². The fraction of sp³-hybridized carbons (Fsp3) is 0.925. The van der Waals surface area contributed by atoms with Gasteiger partial charge in [-0.25, -0.2) is 4.18 Å². The standard InChI is InChI=1S/C40H77NO11S/c1-3-5-7-9-11-13-15-16-17-18-20-21-23-25-27-29-34(43)33(41-36(44)30-28-26-24-22-19-14-12-10-8-6-4-2)32-50-40-38(46)39(52-53(47,48)49)37(45)35(31-42)51-40/h10,12,33-35,37-40,42-43,45-46H,3-9,11,13-32H2,1-2H3,(H,41,44)(H,47,48,49)/b12-10-. The van der Waals surface area contributed by atoms with Crippen molar-refractivity contribution in [2.75, 3.05) is 13.2 Å². The average Bonchev–Trinajstić information content (AvgIpc) is 3.12. The van der Waals surface area contributed by atoms with Crippen LogP contribution in [0.3, 0.4) is 0 Å². The van der Waals surface area contributed by atoms with E-state index in [9.17, 15) is 33.6 Å². The molecule has 1 aliphatic rings. The first kappa shape index (κ1) is 49.9. The summed E-state index contributed by atoms with van der Waals surface area (Å²) in [6, 6.07) is -0.857. The van der Waals surface area contributed by atoms with Crippen LogP contribution in [0.25, 0.3) is 0 Å². The molecule has 1 amide bonds. The number of carbonyl (C=O) groups is 1. The zero-order valence-electron chi connectivity index (χ0n) is 33.1. The van der Waals surface area contributed by atoms with Gasteiger partial charge in [-0.05, 0) is 32.1 Å². The largest absolute Gasteiger partial charge is 0.397 e. The molecule has 7 atom stereocenters. The van der Waals surface area contributed by atoms with Crippen LogP contribution in [-0.4, -0.2) is 95.4 Å². The van der Waals surface area contributed by atoms with Gasteiger partial charge in [0.25, 0.3) is 0 Å². The Hall–Kier alpha value is -1.16. The molecule has 0 radical (unpaired) electrons. The first-order chi connectivity index (χ1) is 25.5. The number of unbranched alkanes of at least 4 members (excludes halogenated alkanes) is 21. The molecule has 13 heteroatoms. The highest BCUT2D eigenvalue weighted by molar-refractivity contribution is 7.80. The van der Waals surface area contributed by atoms with E-state index in [-0.39, 0.29) is 18.9 Å². The summed E-state index contributed by atoms with van der Waals surface area (Å²) in [6.07, 6.45) is 23.6. The van der Waals surface area contributed by atoms with Crippen molar-refractivity contribution in [1.82, 2.24) is 5.32 Å². The van der Waals surface area contributed by atoms with Gasteiger partial charge >= 0.3 is 10.4 Å². The predicted molar refractivity (Wildman–Crippen MR) is 209 cm³/mol. The second kappa shape index (κ2) is 32.0. The van der Waals surface area contributed by atoms with Gasteiger partial charge in [0.15, 0.2) is 6.29 Å². The number of rotatable bonds is 35. The van der Waals surface area contributed by atoms with Crippen molar-refractivity contribution in [1.29, 1.82) is 0 Å². The molecule has 53 heavy (non-hydrogen) atoms. The molecule has 1 saturated heterocycles. The quantitative estimate of drug-likeness (QED) is 0.0216. The monoisotopic (exact) mass is 780 g/mol. The lowest BCUT2D eigenvalue weighted by Crippen LogP contribution is -2.61. The third-order valence-electron chi connectivity index (χ3n) is 10.1. The van der Waals surface area contributed by atoms with Crippen molar-refractivity contribution in [2.45, 2.75) is 224 Å². The molecular formula is C40H77NO11S. The first-order valence-electron chi connectivity index (χ1n) is 21.1. The predicted octanol–water partition coefficient (Wildman–Crippen LogP) is 7.21. The normalized spacial score (nSPS) is 22.0. The van der Waals surface area contributed by atoms with Gasteiger partial charge in [0.1, 0.15) is 24.4 Å². The zero-order valence-corrected chi connectivity index (χ0v) is 33.9. The number of nitrogens with one attached hydrogen (secondary N) is 1. The van der Waals surface area contributed by atoms with Gasteiger partial charge < -0.3 is 35.2 Å². The van der Waals surface area contributed by atoms with Crippen LogP contribution in [0.5, 0.6) is 0 Å². The molecule has 0 aromatic carbocycles. The van der Waals surface area contributed by atoms with Crippen LogP contribution in [0.2, 0.25) is 0 Å². The van der Waals surface area contributed by atoms with Gasteiger partial charge in [0.2, 0.25) is 5.91 Å². The van der Waals surface area contributed by atoms with Gasteiger partial charge in [-0.15, -0.1) is 0 Å². The number of hydrogen-bond acceptors (Lipinski definition) is 10. The lowest BCUT2D eigenvalue weighted by atomic mass is 9.99. The lowest BCUT2D eigenvalue weighted by molar-refractivity contribution is -0.298. The highest BCUT2D eigenvalue weighted by Crippen LogP contribution is 2.26. The molecule has 1 heterocycles. The molecule has 0 bridgehead atoms. The third-order valence-corrected chi connectivity index (χ3v) is 10.5. The minimum absolute atomic E-state index is 0.241. The van der Waals surface area contributed by atoms with Gasteiger partial charge in [0.05, 0.1) is 25.4 Å². The molecule has 6 N–H and O–H groups in total. The Bertz CT molecular complexity index is 1010. The van der Waals surface area contributed by atoms with E-state index in [1.54, 1.807) is 0 Å². The fourth-order valence-electron chi connectivity index (χ4n) is 6.73. The number of hydrogen-bond donors (Lipinski definition) is 6. The second-order valence-electron chi connectivity index (χ2n) is 14.9. The van der Waals surface area contributed by atoms with Gasteiger partial charge in [-0.2, -0.15) is 8.42 Å². The molecule has 0 spiro atoms. The van der Waals surface area contributed by atoms with Crippen LogP contribution in [0, 0.1) is 0 Å². The van der Waals surface area contributed by atoms with Crippen LogP contribution in [-0.2, 0) is 28.9 Å². The molecule has 1 aliphatic heterocycles. The lowest BCUT2D eigenvalue weighted by Gasteiger charge is -2.41. The van der Waals surface area contributed by atoms with E-state index in [1.165, 1.54) is 83.5 Å². The summed E-state index contributed by atoms with van der Waals surface area (Å²) < 4.78 is 47.5. The molecule has 0 saturated carbocycles. The summed E-state index contributed by atoms with van der Waals surface area (Å²) in [5, 5.41) is 44.7. The molecule has 12 nitrogen and oxygen atoms in total. The number of carbonyl (C=O) groups excluding carboxylic acids is 1. The molecule has 0 aliphatic carbocycles. The Balaban J connectivity index is 2.56. The van der Waals surface area contributed by atoms with E-state index >= 15 is 0 Å². The van der Waals surface area contributed by atoms with E-state index in [0.29, 0.717) is 12.8 Å². The Kier molecular flexibility index (Phi) is 30.1. The summed E-state index contributed by atoms with van der Waals surface area (Å²) in [4.78, 5) is 12.9. The Morgan fingerprint density at radius 2 is 1.23 bits per heavy atom. The summed E-state index contributed by atoms with van der Waals surface area (Å²) in [5.41, 5.74) is 0. The van der Waals surface area contributed by atoms with Crippen LogP contribution < -0.4 is 5.32 Å². The molecule has 314 valence electrons. The second-order valence-corrected chi connectivity index (χ2v) is 16.0. The Morgan fingerprint density at radius 3 is 1.75 bits per heavy atom. The van der Waals surface area contributed by atoms with E-state index in [4.69, 9.17) is 14.0 Å². The number of ether oxygens (including phenoxy) is 2. The number of aliphatic hydroxyl groups excluding tert-OH is 4. The molecular weight excluding hydrogens is 703 g/mol. The molecule has 7 unspecified atom stereocenters. The van der Waals surface area contributed by atoms with E-state index in [2.05, 4.69) is 35.5 Å². The molecule has 0 aromatic heterocycles. The maximum atomic E-state index is 12.9. The van der Waals surface area contributed by atoms with Crippen molar-refractivity contribution >= 4 is 16.3 Å². The van der Waals surface area contributed by atoms with Crippen molar-refractivity contribution in [2.24, 2.45) is 0 Å². The maximum absolute atomic E-state index is 12.9. The highest BCUT2D eigenvalue weighted by Gasteiger charge is 2.48. The summed E-state index contributed by atoms with van der Waals surface area (Å²) in [5.74, 6) is -0.241. The van der Waals surface area contributed by atoms with Gasteiger partial charge in [0, 0.05) is 6.42 Å². The van der Waals surface area contributed by atoms with Crippen LogP contribution in [0.1, 0.15) is 181 Å². The third kappa shape index (κ3) is 25.6. The smallest absolute Gasteiger partial charge is 0.394 e. The van der Waals surface area contributed by atoms with Crippen molar-refractivity contribution in [3.63, 3.8) is 0 Å². The summed E-state index contributed by atoms with van der Waals surface area (Å²) >= 11 is 0. The highest BCUT2D eigenvalue weighted by atomic mass is 32.3. The maximum Gasteiger partial charge on any atom is 0.397 e. The topological polar surface area (TPSA) is 192 Å². The SMILES string of the molecule is CCCC/C=C\CCCCCCCC(=O)NC(COC1OC(CO)C(O)C(OS(=O)(=O)O)C1O)C(O)CCCCCCCCCCCCCCCCC. The molecule has 1 rings (SSSR count). The molecule has 1 fully saturated rings. The van der Waals surface area contributed by atoms with Crippen LogP contribution in [0.15, 0.2) is 12.2 Å². The van der Waals surface area contributed by atoms with Gasteiger partial charge in [-0.3, -0.25) is 9.35 Å². The van der Waals surface area contributed by atoms with Crippen molar-refractivity contribution in [3.8, 4) is 0 Å². The Morgan fingerprint density at radius 1 is 0.736 bits per heavy atom. The zero-order chi connectivity index (χ0) is 39.2. The number of amides is 1. The Labute approximate surface area is 321 Å². The number of allylic oxidation sites excluding steroid dienone is 2. The van der Waals surface area contributed by atoms with E-state index in [0.717, 1.165) is 64.2 Å². The fourth-order valence-corrected chi connectivity index (χ4v) is 7.24.